The Kier molecular flexibility index (Phi) is 5.01. The van der Waals surface area contributed by atoms with E-state index in [-0.39, 0.29) is 23.4 Å². The van der Waals surface area contributed by atoms with Gasteiger partial charge in [0.05, 0.1) is 17.2 Å². The van der Waals surface area contributed by atoms with Crippen LogP contribution in [0, 0.1) is 0 Å². The number of hydrogen-bond acceptors (Lipinski definition) is 5. The third-order valence-electron chi connectivity index (χ3n) is 8.27. The summed E-state index contributed by atoms with van der Waals surface area (Å²) in [5.74, 6) is 1.44. The molecule has 0 bridgehead atoms. The molecule has 5 heterocycles. The summed E-state index contributed by atoms with van der Waals surface area (Å²) in [5.41, 5.74) is 4.69. The first kappa shape index (κ1) is 21.8. The number of carbonyl (C=O) groups excluding carboxylic acids is 1. The van der Waals surface area contributed by atoms with Crippen molar-refractivity contribution < 1.29 is 9.53 Å². The van der Waals surface area contributed by atoms with Gasteiger partial charge in [-0.2, -0.15) is 0 Å². The van der Waals surface area contributed by atoms with E-state index in [2.05, 4.69) is 40.1 Å². The first-order valence-corrected chi connectivity index (χ1v) is 12.8. The third-order valence-corrected chi connectivity index (χ3v) is 8.27. The lowest BCUT2D eigenvalue weighted by molar-refractivity contribution is 0.0835. The van der Waals surface area contributed by atoms with Crippen molar-refractivity contribution >= 4 is 28.1 Å². The van der Waals surface area contributed by atoms with Gasteiger partial charge in [0, 0.05) is 48.9 Å². The van der Waals surface area contributed by atoms with Crippen LogP contribution in [-0.4, -0.2) is 64.6 Å². The minimum atomic E-state index is -0.195. The number of piperidine rings is 1. The third kappa shape index (κ3) is 3.24. The average molecular weight is 484 g/mol. The van der Waals surface area contributed by atoms with Crippen LogP contribution < -0.4 is 10.5 Å². The van der Waals surface area contributed by atoms with E-state index >= 15 is 0 Å². The van der Waals surface area contributed by atoms with Crippen molar-refractivity contribution in [2.24, 2.45) is 0 Å². The summed E-state index contributed by atoms with van der Waals surface area (Å²) in [6.45, 7) is 3.32. The lowest BCUT2D eigenvalue weighted by atomic mass is 9.89. The molecule has 0 radical (unpaired) electrons. The first-order valence-electron chi connectivity index (χ1n) is 12.8. The lowest BCUT2D eigenvalue weighted by Crippen LogP contribution is -2.47. The number of imidazole rings is 1. The average Bonchev–Trinajstić information content (AvgIpc) is 3.49. The maximum Gasteiger partial charge on any atom is 0.274 e. The van der Waals surface area contributed by atoms with E-state index in [1.807, 2.05) is 33.6 Å². The molecule has 2 aromatic heterocycles. The molecule has 0 aliphatic carbocycles. The molecular weight excluding hydrogens is 454 g/mol. The van der Waals surface area contributed by atoms with Gasteiger partial charge in [0.15, 0.2) is 0 Å². The van der Waals surface area contributed by atoms with Crippen molar-refractivity contribution in [1.29, 1.82) is 0 Å². The fourth-order valence-corrected chi connectivity index (χ4v) is 6.49. The smallest absolute Gasteiger partial charge is 0.274 e. The van der Waals surface area contributed by atoms with Crippen LogP contribution in [0.3, 0.4) is 0 Å². The maximum atomic E-state index is 14.0. The number of carbonyl (C=O) groups is 1. The summed E-state index contributed by atoms with van der Waals surface area (Å²) in [6, 6.07) is 14.1. The summed E-state index contributed by atoms with van der Waals surface area (Å²) < 4.78 is 7.50. The van der Waals surface area contributed by atoms with Gasteiger partial charge < -0.3 is 19.5 Å². The van der Waals surface area contributed by atoms with E-state index in [4.69, 9.17) is 4.74 Å². The van der Waals surface area contributed by atoms with Crippen molar-refractivity contribution in [2.75, 3.05) is 38.3 Å². The number of nitrogens with zero attached hydrogens (tertiary/aromatic N) is 4. The normalized spacial score (nSPS) is 22.8. The number of benzene rings is 2. The number of aromatic amines is 1. The van der Waals surface area contributed by atoms with Crippen molar-refractivity contribution in [3.8, 4) is 0 Å². The van der Waals surface area contributed by atoms with Gasteiger partial charge in [0.2, 0.25) is 0 Å². The van der Waals surface area contributed by atoms with Crippen molar-refractivity contribution in [1.82, 2.24) is 19.3 Å². The number of likely N-dealkylation sites (tertiary alicyclic amines) is 1. The van der Waals surface area contributed by atoms with E-state index in [9.17, 15) is 9.59 Å². The van der Waals surface area contributed by atoms with Gasteiger partial charge in [0.25, 0.3) is 11.5 Å². The molecule has 3 aliphatic rings. The fourth-order valence-electron chi connectivity index (χ4n) is 6.49. The van der Waals surface area contributed by atoms with Gasteiger partial charge in [-0.05, 0) is 62.7 Å². The van der Waals surface area contributed by atoms with E-state index in [0.717, 1.165) is 49.4 Å². The van der Waals surface area contributed by atoms with Gasteiger partial charge >= 0.3 is 0 Å². The minimum absolute atomic E-state index is 0.0161. The van der Waals surface area contributed by atoms with Gasteiger partial charge in [0.1, 0.15) is 11.3 Å². The second-order valence-corrected chi connectivity index (χ2v) is 10.4. The molecule has 7 rings (SSSR count). The number of likely N-dealkylation sites (N-methyl/N-ethyl adjacent to an activating group) is 1. The number of nitrogens with one attached hydrogen (secondary N) is 1. The van der Waals surface area contributed by atoms with Gasteiger partial charge in [-0.1, -0.05) is 18.2 Å². The second-order valence-electron chi connectivity index (χ2n) is 10.4. The van der Waals surface area contributed by atoms with E-state index < -0.39 is 0 Å². The van der Waals surface area contributed by atoms with E-state index in [0.29, 0.717) is 35.7 Å². The molecule has 184 valence electrons. The molecule has 2 atom stereocenters. The van der Waals surface area contributed by atoms with Crippen LogP contribution in [0.2, 0.25) is 0 Å². The largest absolute Gasteiger partial charge is 0.381 e. The SMILES string of the molecule is CN1CCC2C(C1)c1ccccc1N2C(=O)c1ccc2c(c1)[nH]c(=O)c1cnc(C3CCOCC3)n12. The highest BCUT2D eigenvalue weighted by atomic mass is 16.5. The Bertz CT molecular complexity index is 1550. The Morgan fingerprint density at radius 2 is 1.92 bits per heavy atom. The number of hydrogen-bond donors (Lipinski definition) is 1. The van der Waals surface area contributed by atoms with Gasteiger partial charge in [-0.15, -0.1) is 0 Å². The molecule has 0 saturated carbocycles. The van der Waals surface area contributed by atoms with Gasteiger partial charge in [-0.3, -0.25) is 14.0 Å². The van der Waals surface area contributed by atoms with Crippen LogP contribution in [0.25, 0.3) is 16.6 Å². The Balaban J connectivity index is 1.32. The Morgan fingerprint density at radius 3 is 2.78 bits per heavy atom. The van der Waals surface area contributed by atoms with Crippen LogP contribution in [0.1, 0.15) is 52.8 Å². The molecule has 3 aliphatic heterocycles. The predicted octanol–water partition coefficient (Wildman–Crippen LogP) is 3.52. The fraction of sp³-hybridized carbons (Fsp3) is 0.393. The molecule has 4 aromatic rings. The van der Waals surface area contributed by atoms with Crippen molar-refractivity contribution in [3.05, 3.63) is 76.0 Å². The summed E-state index contributed by atoms with van der Waals surface area (Å²) in [6.07, 6.45) is 4.37. The molecule has 2 saturated heterocycles. The number of para-hydroxylation sites is 1. The first-order chi connectivity index (χ1) is 17.6. The number of aromatic nitrogens is 3. The molecule has 1 amide bonds. The Hall–Kier alpha value is -3.49. The summed E-state index contributed by atoms with van der Waals surface area (Å²) in [7, 11) is 2.15. The molecule has 2 fully saturated rings. The van der Waals surface area contributed by atoms with Crippen LogP contribution in [0.15, 0.2) is 53.5 Å². The molecule has 2 aromatic carbocycles. The molecule has 8 heteroatoms. The number of fused-ring (bicyclic) bond motifs is 6. The van der Waals surface area contributed by atoms with Crippen LogP contribution in [0.4, 0.5) is 5.69 Å². The van der Waals surface area contributed by atoms with Crippen molar-refractivity contribution in [2.45, 2.75) is 37.1 Å². The van der Waals surface area contributed by atoms with Crippen LogP contribution in [-0.2, 0) is 4.74 Å². The highest BCUT2D eigenvalue weighted by Gasteiger charge is 2.43. The molecule has 36 heavy (non-hydrogen) atoms. The zero-order chi connectivity index (χ0) is 24.4. The number of ether oxygens (including phenoxy) is 1. The second kappa shape index (κ2) is 8.28. The highest BCUT2D eigenvalue weighted by Crippen LogP contribution is 2.45. The molecule has 8 nitrogen and oxygen atoms in total. The molecule has 2 unspecified atom stereocenters. The maximum absolute atomic E-state index is 14.0. The quantitative estimate of drug-likeness (QED) is 0.472. The predicted molar refractivity (Wildman–Crippen MR) is 138 cm³/mol. The number of anilines is 1. The molecule has 0 spiro atoms. The summed E-state index contributed by atoms with van der Waals surface area (Å²) in [5, 5.41) is 0. The van der Waals surface area contributed by atoms with Crippen molar-refractivity contribution in [3.63, 3.8) is 0 Å². The highest BCUT2D eigenvalue weighted by molar-refractivity contribution is 6.09. The van der Waals surface area contributed by atoms with Gasteiger partial charge in [-0.25, -0.2) is 4.98 Å². The topological polar surface area (TPSA) is 82.9 Å². The lowest BCUT2D eigenvalue weighted by Gasteiger charge is -2.36. The van der Waals surface area contributed by atoms with E-state index in [1.54, 1.807) is 6.20 Å². The molecule has 1 N–H and O–H groups in total. The standard InChI is InChI=1S/C28H29N5O3/c1-31-11-8-23-20(16-31)19-4-2-3-5-22(19)33(23)28(35)18-6-7-24-21(14-18)30-27(34)25-15-29-26(32(24)25)17-9-12-36-13-10-17/h2-7,14-15,17,20,23H,8-13,16H2,1H3,(H,30,34). The summed E-state index contributed by atoms with van der Waals surface area (Å²) in [4.78, 5) is 38.9. The number of H-pyrrole nitrogens is 1. The Morgan fingerprint density at radius 1 is 1.08 bits per heavy atom. The summed E-state index contributed by atoms with van der Waals surface area (Å²) >= 11 is 0. The van der Waals surface area contributed by atoms with Crippen LogP contribution in [0.5, 0.6) is 0 Å². The van der Waals surface area contributed by atoms with Crippen LogP contribution >= 0.6 is 0 Å². The van der Waals surface area contributed by atoms with E-state index in [1.165, 1.54) is 5.56 Å². The molecular formula is C28H29N5O3. The monoisotopic (exact) mass is 483 g/mol. The zero-order valence-corrected chi connectivity index (χ0v) is 20.3. The minimum Gasteiger partial charge on any atom is -0.381 e. The number of amides is 1. The number of rotatable bonds is 2. The zero-order valence-electron chi connectivity index (χ0n) is 20.3. The Labute approximate surface area is 208 Å².